The standard InChI is InChI=1S/C11H21NO2/c1-3-7-11(8-4-2,10(13)14)12-9-5-6-9/h9,12H,3-8H2,1-2H3,(H,13,14). The monoisotopic (exact) mass is 199 g/mol. The molecule has 0 spiro atoms. The Balaban J connectivity index is 2.64. The van der Waals surface area contributed by atoms with Crippen LogP contribution in [0.25, 0.3) is 0 Å². The van der Waals surface area contributed by atoms with E-state index in [9.17, 15) is 9.90 Å². The fraction of sp³-hybridized carbons (Fsp3) is 0.909. The third-order valence-electron chi connectivity index (χ3n) is 2.82. The molecule has 3 heteroatoms. The maximum atomic E-state index is 11.3. The second-order valence-corrected chi connectivity index (χ2v) is 4.31. The van der Waals surface area contributed by atoms with Crippen molar-refractivity contribution in [2.75, 3.05) is 0 Å². The second kappa shape index (κ2) is 4.78. The fourth-order valence-corrected chi connectivity index (χ4v) is 2.02. The molecule has 0 heterocycles. The molecule has 1 fully saturated rings. The van der Waals surface area contributed by atoms with Gasteiger partial charge in [0.15, 0.2) is 0 Å². The number of nitrogens with one attached hydrogen (secondary N) is 1. The van der Waals surface area contributed by atoms with Gasteiger partial charge >= 0.3 is 5.97 Å². The minimum atomic E-state index is -0.673. The molecule has 1 aliphatic rings. The molecule has 1 aliphatic carbocycles. The van der Waals surface area contributed by atoms with Gasteiger partial charge in [0.25, 0.3) is 0 Å². The average molecular weight is 199 g/mol. The van der Waals surface area contributed by atoms with Crippen LogP contribution in [-0.2, 0) is 4.79 Å². The summed E-state index contributed by atoms with van der Waals surface area (Å²) in [5.41, 5.74) is -0.648. The third kappa shape index (κ3) is 2.71. The van der Waals surface area contributed by atoms with E-state index in [-0.39, 0.29) is 0 Å². The van der Waals surface area contributed by atoms with Crippen LogP contribution in [0.5, 0.6) is 0 Å². The van der Waals surface area contributed by atoms with Crippen LogP contribution in [0.4, 0.5) is 0 Å². The van der Waals surface area contributed by atoms with Crippen LogP contribution in [0.15, 0.2) is 0 Å². The molecule has 2 N–H and O–H groups in total. The number of rotatable bonds is 7. The number of hydrogen-bond acceptors (Lipinski definition) is 2. The van der Waals surface area contributed by atoms with Crippen LogP contribution in [0.1, 0.15) is 52.4 Å². The Morgan fingerprint density at radius 2 is 1.86 bits per heavy atom. The van der Waals surface area contributed by atoms with E-state index in [1.807, 2.05) is 13.8 Å². The minimum absolute atomic E-state index is 0.462. The SMILES string of the molecule is CCCC(CCC)(NC1CC1)C(=O)O. The fourth-order valence-electron chi connectivity index (χ4n) is 2.02. The van der Waals surface area contributed by atoms with Gasteiger partial charge in [-0.05, 0) is 25.7 Å². The molecule has 0 bridgehead atoms. The highest BCUT2D eigenvalue weighted by atomic mass is 16.4. The van der Waals surface area contributed by atoms with Gasteiger partial charge < -0.3 is 5.11 Å². The Bertz CT molecular complexity index is 193. The van der Waals surface area contributed by atoms with E-state index < -0.39 is 11.5 Å². The van der Waals surface area contributed by atoms with Crippen molar-refractivity contribution in [1.29, 1.82) is 0 Å². The zero-order valence-corrected chi connectivity index (χ0v) is 9.18. The first-order valence-electron chi connectivity index (χ1n) is 5.65. The summed E-state index contributed by atoms with van der Waals surface area (Å²) in [5.74, 6) is -0.673. The maximum absolute atomic E-state index is 11.3. The lowest BCUT2D eigenvalue weighted by Crippen LogP contribution is -2.53. The Labute approximate surface area is 85.9 Å². The van der Waals surface area contributed by atoms with Gasteiger partial charge in [-0.25, -0.2) is 0 Å². The summed E-state index contributed by atoms with van der Waals surface area (Å²) >= 11 is 0. The molecular formula is C11H21NO2. The zero-order chi connectivity index (χ0) is 10.6. The van der Waals surface area contributed by atoms with Crippen molar-refractivity contribution in [3.8, 4) is 0 Å². The van der Waals surface area contributed by atoms with Gasteiger partial charge in [-0.2, -0.15) is 0 Å². The first-order valence-corrected chi connectivity index (χ1v) is 5.65. The van der Waals surface area contributed by atoms with Crippen LogP contribution in [0.3, 0.4) is 0 Å². The lowest BCUT2D eigenvalue weighted by molar-refractivity contribution is -0.145. The van der Waals surface area contributed by atoms with E-state index in [1.54, 1.807) is 0 Å². The average Bonchev–Trinajstić information content (AvgIpc) is 2.88. The molecule has 0 aliphatic heterocycles. The topological polar surface area (TPSA) is 49.3 Å². The van der Waals surface area contributed by atoms with Crippen molar-refractivity contribution in [3.63, 3.8) is 0 Å². The Hall–Kier alpha value is -0.570. The van der Waals surface area contributed by atoms with E-state index in [0.29, 0.717) is 6.04 Å². The highest BCUT2D eigenvalue weighted by Gasteiger charge is 2.40. The van der Waals surface area contributed by atoms with Gasteiger partial charge in [-0.15, -0.1) is 0 Å². The zero-order valence-electron chi connectivity index (χ0n) is 9.18. The molecular weight excluding hydrogens is 178 g/mol. The molecule has 0 unspecified atom stereocenters. The summed E-state index contributed by atoms with van der Waals surface area (Å²) in [4.78, 5) is 11.3. The number of carbonyl (C=O) groups is 1. The van der Waals surface area contributed by atoms with E-state index >= 15 is 0 Å². The lowest BCUT2D eigenvalue weighted by Gasteiger charge is -2.30. The van der Waals surface area contributed by atoms with Crippen molar-refractivity contribution in [2.24, 2.45) is 0 Å². The molecule has 0 atom stereocenters. The van der Waals surface area contributed by atoms with Crippen molar-refractivity contribution in [1.82, 2.24) is 5.32 Å². The molecule has 0 aromatic rings. The second-order valence-electron chi connectivity index (χ2n) is 4.31. The summed E-state index contributed by atoms with van der Waals surface area (Å²) in [6.07, 6.45) is 5.61. The van der Waals surface area contributed by atoms with Crippen molar-refractivity contribution in [3.05, 3.63) is 0 Å². The Morgan fingerprint density at radius 1 is 1.36 bits per heavy atom. The van der Waals surface area contributed by atoms with E-state index in [4.69, 9.17) is 0 Å². The molecule has 0 aromatic heterocycles. The molecule has 0 saturated heterocycles. The predicted molar refractivity (Wildman–Crippen MR) is 56.3 cm³/mol. The molecule has 82 valence electrons. The van der Waals surface area contributed by atoms with Gasteiger partial charge in [0, 0.05) is 6.04 Å². The van der Waals surface area contributed by atoms with Gasteiger partial charge in [-0.1, -0.05) is 26.7 Å². The van der Waals surface area contributed by atoms with Gasteiger partial charge in [0.2, 0.25) is 0 Å². The number of carboxylic acids is 1. The van der Waals surface area contributed by atoms with Gasteiger partial charge in [0.05, 0.1) is 0 Å². The highest BCUT2D eigenvalue weighted by Crippen LogP contribution is 2.28. The molecule has 0 aromatic carbocycles. The summed E-state index contributed by atoms with van der Waals surface area (Å²) in [6, 6.07) is 0.462. The van der Waals surface area contributed by atoms with Crippen molar-refractivity contribution >= 4 is 5.97 Å². The quantitative estimate of drug-likeness (QED) is 0.660. The van der Waals surface area contributed by atoms with Gasteiger partial charge in [0.1, 0.15) is 5.54 Å². The van der Waals surface area contributed by atoms with Gasteiger partial charge in [-0.3, -0.25) is 10.1 Å². The smallest absolute Gasteiger partial charge is 0.323 e. The van der Waals surface area contributed by atoms with E-state index in [0.717, 1.165) is 38.5 Å². The summed E-state index contributed by atoms with van der Waals surface area (Å²) in [6.45, 7) is 4.09. The largest absolute Gasteiger partial charge is 0.480 e. The summed E-state index contributed by atoms with van der Waals surface area (Å²) in [5, 5.41) is 12.6. The molecule has 3 nitrogen and oxygen atoms in total. The van der Waals surface area contributed by atoms with Crippen LogP contribution in [0.2, 0.25) is 0 Å². The first kappa shape index (κ1) is 11.5. The normalized spacial score (nSPS) is 17.0. The van der Waals surface area contributed by atoms with E-state index in [1.165, 1.54) is 0 Å². The van der Waals surface area contributed by atoms with E-state index in [2.05, 4.69) is 5.32 Å². The van der Waals surface area contributed by atoms with Crippen LogP contribution >= 0.6 is 0 Å². The predicted octanol–water partition coefficient (Wildman–Crippen LogP) is 2.16. The number of aliphatic carboxylic acids is 1. The van der Waals surface area contributed by atoms with Crippen LogP contribution in [0, 0.1) is 0 Å². The molecule has 1 saturated carbocycles. The van der Waals surface area contributed by atoms with Crippen LogP contribution < -0.4 is 5.32 Å². The Morgan fingerprint density at radius 3 is 2.14 bits per heavy atom. The maximum Gasteiger partial charge on any atom is 0.323 e. The Kier molecular flexibility index (Phi) is 3.93. The van der Waals surface area contributed by atoms with Crippen molar-refractivity contribution < 1.29 is 9.90 Å². The molecule has 0 amide bonds. The first-order chi connectivity index (χ1) is 6.64. The van der Waals surface area contributed by atoms with Crippen LogP contribution in [-0.4, -0.2) is 22.7 Å². The highest BCUT2D eigenvalue weighted by molar-refractivity contribution is 5.78. The number of carboxylic acid groups (broad SMARTS) is 1. The molecule has 0 radical (unpaired) electrons. The summed E-state index contributed by atoms with van der Waals surface area (Å²) < 4.78 is 0. The molecule has 14 heavy (non-hydrogen) atoms. The van der Waals surface area contributed by atoms with Crippen molar-refractivity contribution in [2.45, 2.75) is 64.0 Å². The summed E-state index contributed by atoms with van der Waals surface area (Å²) in [7, 11) is 0. The minimum Gasteiger partial charge on any atom is -0.480 e. The third-order valence-corrected chi connectivity index (χ3v) is 2.82. The lowest BCUT2D eigenvalue weighted by atomic mass is 9.88. The number of hydrogen-bond donors (Lipinski definition) is 2. The molecule has 1 rings (SSSR count).